The van der Waals surface area contributed by atoms with Crippen molar-refractivity contribution in [3.05, 3.63) is 65.7 Å². The molecule has 2 fully saturated rings. The Labute approximate surface area is 206 Å². The predicted molar refractivity (Wildman–Crippen MR) is 120 cm³/mol. The van der Waals surface area contributed by atoms with Crippen molar-refractivity contribution in [2.45, 2.75) is 56.3 Å². The number of nitrogens with zero attached hydrogens (tertiary/aromatic N) is 2. The van der Waals surface area contributed by atoms with Crippen molar-refractivity contribution in [2.24, 2.45) is 0 Å². The predicted octanol–water partition coefficient (Wildman–Crippen LogP) is -3.20. The van der Waals surface area contributed by atoms with Crippen molar-refractivity contribution in [1.29, 1.82) is 0 Å². The fourth-order valence-corrected chi connectivity index (χ4v) is 5.00. The zero-order valence-corrected chi connectivity index (χ0v) is 20.1. The first kappa shape index (κ1) is 27.3. The molecule has 4 rings (SSSR count). The standard InChI is InChI=1S/C19H25N4O13P/c1-8-5-23(19(30)21-16(8)28)13-4-9(10(6-24)34-13)36-37(31,32)33-7-11-14(26)15(27)17(35-11)22-3-2-12(25)20-18(22)29/h2-3,5,9-11,13-15,17,24,26-27H,4,6-7H2,1H3,(H,31,32)(H,20,25,29)(H,21,28,30)/t9-,10+,11+,13+,14+,15+,17+/m0/s1. The number of hydrogen-bond donors (Lipinski definition) is 6. The molecular formula is C19H25N4O13P. The van der Waals surface area contributed by atoms with Gasteiger partial charge in [0, 0.05) is 30.4 Å². The molecule has 2 aromatic rings. The molecule has 8 atom stereocenters. The SMILES string of the molecule is Cc1cn([C@H]2C[C@H](OP(=O)(O)OC[C@H]3O[C@@H](n4ccc(=O)[nH]c4=O)[C@H](O)[C@@H]3O)[C@@H](CO)O2)c(=O)[nH]c1=O. The number of ether oxygens (including phenoxy) is 2. The summed E-state index contributed by atoms with van der Waals surface area (Å²) >= 11 is 0. The first-order chi connectivity index (χ1) is 17.4. The number of nitrogens with one attached hydrogen (secondary N) is 2. The molecule has 0 bridgehead atoms. The summed E-state index contributed by atoms with van der Waals surface area (Å²) in [6.07, 6.45) is -7.31. The van der Waals surface area contributed by atoms with Crippen LogP contribution in [-0.2, 0) is 23.1 Å². The van der Waals surface area contributed by atoms with Gasteiger partial charge in [-0.2, -0.15) is 0 Å². The third kappa shape index (κ3) is 5.74. The molecular weight excluding hydrogens is 523 g/mol. The highest BCUT2D eigenvalue weighted by molar-refractivity contribution is 7.47. The molecule has 2 aromatic heterocycles. The van der Waals surface area contributed by atoms with E-state index in [1.54, 1.807) is 0 Å². The topological polar surface area (TPSA) is 245 Å². The maximum absolute atomic E-state index is 12.6. The van der Waals surface area contributed by atoms with Gasteiger partial charge in [0.25, 0.3) is 11.1 Å². The lowest BCUT2D eigenvalue weighted by Crippen LogP contribution is -2.37. The molecule has 6 N–H and O–H groups in total. The van der Waals surface area contributed by atoms with Gasteiger partial charge in [-0.3, -0.25) is 37.7 Å². The second-order valence-corrected chi connectivity index (χ2v) is 9.90. The van der Waals surface area contributed by atoms with E-state index in [0.717, 1.165) is 21.4 Å². The maximum Gasteiger partial charge on any atom is 0.472 e. The van der Waals surface area contributed by atoms with Crippen LogP contribution in [0.2, 0.25) is 0 Å². The third-order valence-corrected chi connectivity index (χ3v) is 6.96. The number of phosphoric ester groups is 1. The summed E-state index contributed by atoms with van der Waals surface area (Å²) in [7, 11) is -4.87. The van der Waals surface area contributed by atoms with E-state index in [1.807, 2.05) is 4.98 Å². The van der Waals surface area contributed by atoms with E-state index in [2.05, 4.69) is 4.98 Å². The Morgan fingerprint density at radius 1 is 1.08 bits per heavy atom. The molecule has 37 heavy (non-hydrogen) atoms. The number of hydrogen-bond acceptors (Lipinski definition) is 12. The first-order valence-electron chi connectivity index (χ1n) is 11.0. The van der Waals surface area contributed by atoms with Crippen LogP contribution in [0, 0.1) is 6.92 Å². The number of rotatable bonds is 8. The lowest BCUT2D eigenvalue weighted by atomic mass is 10.1. The summed E-state index contributed by atoms with van der Waals surface area (Å²) in [4.78, 5) is 61.2. The van der Waals surface area contributed by atoms with Crippen LogP contribution >= 0.6 is 7.82 Å². The smallest absolute Gasteiger partial charge is 0.394 e. The maximum atomic E-state index is 12.6. The number of aliphatic hydroxyl groups excluding tert-OH is 3. The van der Waals surface area contributed by atoms with Crippen LogP contribution in [0.4, 0.5) is 0 Å². The molecule has 0 spiro atoms. The molecule has 2 aliphatic rings. The molecule has 1 unspecified atom stereocenters. The van der Waals surface area contributed by atoms with Gasteiger partial charge in [-0.1, -0.05) is 0 Å². The van der Waals surface area contributed by atoms with Crippen molar-refractivity contribution in [2.75, 3.05) is 13.2 Å². The van der Waals surface area contributed by atoms with Crippen molar-refractivity contribution < 1.29 is 43.3 Å². The molecule has 17 nitrogen and oxygen atoms in total. The summed E-state index contributed by atoms with van der Waals surface area (Å²) < 4.78 is 35.5. The normalized spacial score (nSPS) is 31.4. The van der Waals surface area contributed by atoms with E-state index in [0.29, 0.717) is 0 Å². The molecule has 2 saturated heterocycles. The van der Waals surface area contributed by atoms with E-state index < -0.39 is 86.5 Å². The van der Waals surface area contributed by atoms with Crippen LogP contribution in [0.25, 0.3) is 0 Å². The van der Waals surface area contributed by atoms with Gasteiger partial charge in [-0.15, -0.1) is 0 Å². The van der Waals surface area contributed by atoms with Gasteiger partial charge in [0.15, 0.2) is 6.23 Å². The highest BCUT2D eigenvalue weighted by Gasteiger charge is 2.46. The quantitative estimate of drug-likeness (QED) is 0.178. The number of aliphatic hydroxyl groups is 3. The molecule has 0 aromatic carbocycles. The van der Waals surface area contributed by atoms with Gasteiger partial charge in [0.2, 0.25) is 0 Å². The Morgan fingerprint density at radius 3 is 2.46 bits per heavy atom. The van der Waals surface area contributed by atoms with Crippen molar-refractivity contribution in [1.82, 2.24) is 19.1 Å². The molecule has 0 amide bonds. The van der Waals surface area contributed by atoms with Gasteiger partial charge in [0.1, 0.15) is 36.7 Å². The lowest BCUT2D eigenvalue weighted by molar-refractivity contribution is -0.0614. The molecule has 18 heteroatoms. The Hall–Kier alpha value is -2.73. The van der Waals surface area contributed by atoms with E-state index in [4.69, 9.17) is 18.5 Å². The van der Waals surface area contributed by atoms with Gasteiger partial charge in [-0.25, -0.2) is 14.2 Å². The summed E-state index contributed by atoms with van der Waals surface area (Å²) in [5.41, 5.74) is -2.77. The van der Waals surface area contributed by atoms with Gasteiger partial charge >= 0.3 is 19.2 Å². The second-order valence-electron chi connectivity index (χ2n) is 8.50. The molecule has 0 aliphatic carbocycles. The average Bonchev–Trinajstić information content (AvgIpc) is 3.35. The summed E-state index contributed by atoms with van der Waals surface area (Å²) in [6.45, 7) is 0.0794. The molecule has 4 heterocycles. The summed E-state index contributed by atoms with van der Waals surface area (Å²) in [6, 6.07) is 1.00. The van der Waals surface area contributed by atoms with E-state index >= 15 is 0 Å². The van der Waals surface area contributed by atoms with Crippen molar-refractivity contribution in [3.63, 3.8) is 0 Å². The fraction of sp³-hybridized carbons (Fsp3) is 0.579. The number of aromatic nitrogens is 4. The second kappa shape index (κ2) is 10.6. The Bertz CT molecular complexity index is 1420. The molecule has 0 saturated carbocycles. The Kier molecular flexibility index (Phi) is 7.80. The minimum Gasteiger partial charge on any atom is -0.394 e. The zero-order chi connectivity index (χ0) is 27.1. The largest absolute Gasteiger partial charge is 0.472 e. The summed E-state index contributed by atoms with van der Waals surface area (Å²) in [5.74, 6) is 0. The van der Waals surface area contributed by atoms with Crippen LogP contribution in [-0.4, -0.2) is 83.0 Å². The number of aromatic amines is 2. The van der Waals surface area contributed by atoms with Crippen LogP contribution in [0.1, 0.15) is 24.4 Å². The van der Waals surface area contributed by atoms with Crippen LogP contribution in [0.3, 0.4) is 0 Å². The van der Waals surface area contributed by atoms with Crippen LogP contribution in [0.15, 0.2) is 37.6 Å². The number of H-pyrrole nitrogens is 2. The van der Waals surface area contributed by atoms with E-state index in [1.165, 1.54) is 13.1 Å². The Morgan fingerprint density at radius 2 is 1.78 bits per heavy atom. The highest BCUT2D eigenvalue weighted by atomic mass is 31.2. The average molecular weight is 548 g/mol. The fourth-order valence-electron chi connectivity index (χ4n) is 4.04. The lowest BCUT2D eigenvalue weighted by Gasteiger charge is -2.21. The van der Waals surface area contributed by atoms with E-state index in [9.17, 15) is 44.0 Å². The van der Waals surface area contributed by atoms with E-state index in [-0.39, 0.29) is 12.0 Å². The highest BCUT2D eigenvalue weighted by Crippen LogP contribution is 2.48. The van der Waals surface area contributed by atoms with Crippen LogP contribution in [0.5, 0.6) is 0 Å². The third-order valence-electron chi connectivity index (χ3n) is 5.95. The monoisotopic (exact) mass is 548 g/mol. The molecule has 2 aliphatic heterocycles. The van der Waals surface area contributed by atoms with Crippen molar-refractivity contribution >= 4 is 7.82 Å². The minimum atomic E-state index is -4.87. The number of phosphoric acid groups is 1. The van der Waals surface area contributed by atoms with Gasteiger partial charge in [0.05, 0.1) is 13.2 Å². The first-order valence-corrected chi connectivity index (χ1v) is 12.5. The Balaban J connectivity index is 1.41. The summed E-state index contributed by atoms with van der Waals surface area (Å²) in [5, 5.41) is 30.1. The number of aryl methyl sites for hydroxylation is 1. The van der Waals surface area contributed by atoms with Gasteiger partial charge < -0.3 is 29.7 Å². The van der Waals surface area contributed by atoms with Crippen LogP contribution < -0.4 is 22.5 Å². The van der Waals surface area contributed by atoms with Crippen molar-refractivity contribution in [3.8, 4) is 0 Å². The molecule has 204 valence electrons. The zero-order valence-electron chi connectivity index (χ0n) is 19.2. The molecule has 0 radical (unpaired) electrons. The van der Waals surface area contributed by atoms with Gasteiger partial charge in [-0.05, 0) is 6.92 Å². The minimum absolute atomic E-state index is 0.164.